The van der Waals surface area contributed by atoms with Crippen LogP contribution in [0.1, 0.15) is 16.7 Å². The van der Waals surface area contributed by atoms with Crippen LogP contribution in [0.15, 0.2) is 161 Å². The van der Waals surface area contributed by atoms with Gasteiger partial charge in [0.25, 0.3) is 0 Å². The van der Waals surface area contributed by atoms with Gasteiger partial charge in [0.1, 0.15) is 0 Å². The van der Waals surface area contributed by atoms with Crippen LogP contribution in [-0.2, 0) is 0 Å². The van der Waals surface area contributed by atoms with Crippen LogP contribution < -0.4 is 16.1 Å². The summed E-state index contributed by atoms with van der Waals surface area (Å²) in [6.07, 6.45) is 0. The number of nitrogens with zero attached hydrogens (tertiary/aromatic N) is 3. The van der Waals surface area contributed by atoms with Gasteiger partial charge in [0, 0.05) is 48.5 Å². The standard InChI is InChI=1S/C48H33N3/c1-28-16-22-31(23-17-28)49-46-37-13-7-4-10-34(37)40-43(46)41-35-11-5-8-14-38(35)47(50-32-24-18-29(2)19-25-32)45(41)42-36-12-6-9-15-39(36)48(44(40)42)51-33-26-20-30(3)21-27-33/h4-27H,1-3H3. The van der Waals surface area contributed by atoms with Crippen LogP contribution in [0.4, 0.5) is 17.1 Å². The Balaban J connectivity index is 1.56. The van der Waals surface area contributed by atoms with E-state index in [2.05, 4.69) is 166 Å². The van der Waals surface area contributed by atoms with Gasteiger partial charge in [-0.05, 0) is 73.3 Å². The van der Waals surface area contributed by atoms with Crippen molar-refractivity contribution in [3.63, 3.8) is 0 Å². The highest BCUT2D eigenvalue weighted by Crippen LogP contribution is 2.43. The number of hydrogen-bond donors (Lipinski definition) is 0. The zero-order valence-electron chi connectivity index (χ0n) is 28.7. The lowest BCUT2D eigenvalue weighted by Crippen LogP contribution is -2.03. The van der Waals surface area contributed by atoms with Crippen molar-refractivity contribution >= 4 is 81.7 Å². The van der Waals surface area contributed by atoms with Gasteiger partial charge in [-0.15, -0.1) is 0 Å². The molecule has 0 bridgehead atoms. The maximum absolute atomic E-state index is 5.48. The van der Waals surface area contributed by atoms with E-state index in [1.165, 1.54) is 49.0 Å². The van der Waals surface area contributed by atoms with E-state index in [0.717, 1.165) is 65.5 Å². The SMILES string of the molecule is Cc1ccc(N=c2c3ccccc3c3c2c2c4ccccc4c(=Nc4ccc(C)cc4)c2c2c4ccccc4c(=Nc4ccc(C)cc4)c32)cc1. The molecule has 0 unspecified atom stereocenters. The van der Waals surface area contributed by atoms with Gasteiger partial charge in [0.15, 0.2) is 0 Å². The highest BCUT2D eigenvalue weighted by Gasteiger charge is 2.25. The van der Waals surface area contributed by atoms with Gasteiger partial charge in [-0.2, -0.15) is 0 Å². The van der Waals surface area contributed by atoms with Gasteiger partial charge < -0.3 is 0 Å². The first kappa shape index (κ1) is 29.5. The lowest BCUT2D eigenvalue weighted by molar-refractivity contribution is 1.38. The molecule has 0 amide bonds. The molecular formula is C48H33N3. The molecule has 3 nitrogen and oxygen atoms in total. The molecule has 3 heteroatoms. The molecular weight excluding hydrogens is 619 g/mol. The van der Waals surface area contributed by atoms with Crippen molar-refractivity contribution in [1.82, 2.24) is 0 Å². The molecule has 10 rings (SSSR count). The zero-order chi connectivity index (χ0) is 34.2. The smallest absolute Gasteiger partial charge is 0.0800 e. The van der Waals surface area contributed by atoms with Gasteiger partial charge in [0.2, 0.25) is 0 Å². The minimum absolute atomic E-state index is 0.934. The molecule has 10 aromatic carbocycles. The first-order chi connectivity index (χ1) is 25.0. The van der Waals surface area contributed by atoms with Crippen LogP contribution in [0.2, 0.25) is 0 Å². The summed E-state index contributed by atoms with van der Waals surface area (Å²) in [6.45, 7) is 6.35. The summed E-state index contributed by atoms with van der Waals surface area (Å²) >= 11 is 0. The summed E-state index contributed by atoms with van der Waals surface area (Å²) in [5.74, 6) is 0. The summed E-state index contributed by atoms with van der Waals surface area (Å²) in [7, 11) is 0. The molecule has 0 saturated carbocycles. The topological polar surface area (TPSA) is 37.1 Å². The quantitative estimate of drug-likeness (QED) is 0.182. The third-order valence-electron chi connectivity index (χ3n) is 10.4. The van der Waals surface area contributed by atoms with Crippen LogP contribution in [0.3, 0.4) is 0 Å². The van der Waals surface area contributed by atoms with Crippen molar-refractivity contribution < 1.29 is 0 Å². The normalized spacial score (nSPS) is 13.4. The monoisotopic (exact) mass is 651 g/mol. The Labute approximate surface area is 294 Å². The van der Waals surface area contributed by atoms with E-state index < -0.39 is 0 Å². The molecule has 0 aliphatic heterocycles. The van der Waals surface area contributed by atoms with Crippen molar-refractivity contribution in [2.24, 2.45) is 15.0 Å². The first-order valence-corrected chi connectivity index (χ1v) is 17.5. The maximum Gasteiger partial charge on any atom is 0.0800 e. The van der Waals surface area contributed by atoms with E-state index in [4.69, 9.17) is 15.0 Å². The Morgan fingerprint density at radius 2 is 0.490 bits per heavy atom. The fraction of sp³-hybridized carbons (Fsp3) is 0.0625. The molecule has 240 valence electrons. The lowest BCUT2D eigenvalue weighted by Gasteiger charge is -2.04. The molecule has 0 aliphatic carbocycles. The minimum atomic E-state index is 0.934. The maximum atomic E-state index is 5.48. The second-order valence-corrected chi connectivity index (χ2v) is 13.8. The first-order valence-electron chi connectivity index (χ1n) is 17.5. The average Bonchev–Trinajstić information content (AvgIpc) is 3.77. The minimum Gasteiger partial charge on any atom is -0.248 e. The van der Waals surface area contributed by atoms with Crippen molar-refractivity contribution in [3.8, 4) is 0 Å². The largest absolute Gasteiger partial charge is 0.248 e. The third kappa shape index (κ3) is 4.55. The van der Waals surface area contributed by atoms with Crippen molar-refractivity contribution in [2.75, 3.05) is 0 Å². The number of fused-ring (bicyclic) bond motifs is 12. The molecule has 0 heterocycles. The van der Waals surface area contributed by atoms with Gasteiger partial charge in [-0.3, -0.25) is 0 Å². The molecule has 0 atom stereocenters. The fourth-order valence-corrected chi connectivity index (χ4v) is 7.99. The highest BCUT2D eigenvalue weighted by atomic mass is 14.7. The second-order valence-electron chi connectivity index (χ2n) is 13.8. The van der Waals surface area contributed by atoms with E-state index in [0.29, 0.717) is 0 Å². The van der Waals surface area contributed by atoms with Crippen LogP contribution in [0.5, 0.6) is 0 Å². The lowest BCUT2D eigenvalue weighted by atomic mass is 9.99. The zero-order valence-corrected chi connectivity index (χ0v) is 28.7. The van der Waals surface area contributed by atoms with E-state index in [1.54, 1.807) is 0 Å². The summed E-state index contributed by atoms with van der Waals surface area (Å²) < 4.78 is 0. The van der Waals surface area contributed by atoms with E-state index in [9.17, 15) is 0 Å². The van der Waals surface area contributed by atoms with Crippen LogP contribution in [0.25, 0.3) is 64.6 Å². The molecule has 0 radical (unpaired) electrons. The van der Waals surface area contributed by atoms with E-state index >= 15 is 0 Å². The highest BCUT2D eigenvalue weighted by molar-refractivity contribution is 6.42. The Hall–Kier alpha value is -6.45. The Morgan fingerprint density at radius 3 is 0.745 bits per heavy atom. The fourth-order valence-electron chi connectivity index (χ4n) is 7.99. The molecule has 0 aromatic heterocycles. The molecule has 0 aliphatic rings. The average molecular weight is 652 g/mol. The summed E-state index contributed by atoms with van der Waals surface area (Å²) in [4.78, 5) is 16.4. The summed E-state index contributed by atoms with van der Waals surface area (Å²) in [6, 6.07) is 51.8. The molecule has 0 spiro atoms. The number of hydrogen-bond acceptors (Lipinski definition) is 3. The van der Waals surface area contributed by atoms with Crippen LogP contribution in [0, 0.1) is 20.8 Å². The van der Waals surface area contributed by atoms with Crippen molar-refractivity contribution in [3.05, 3.63) is 178 Å². The summed E-state index contributed by atoms with van der Waals surface area (Å²) in [5.41, 5.74) is 6.44. The third-order valence-corrected chi connectivity index (χ3v) is 10.4. The second kappa shape index (κ2) is 11.3. The predicted molar refractivity (Wildman–Crippen MR) is 214 cm³/mol. The Bertz CT molecular complexity index is 2800. The molecule has 0 saturated heterocycles. The predicted octanol–water partition coefficient (Wildman–Crippen LogP) is 11.5. The van der Waals surface area contributed by atoms with E-state index in [1.807, 2.05) is 0 Å². The molecule has 51 heavy (non-hydrogen) atoms. The van der Waals surface area contributed by atoms with Crippen molar-refractivity contribution in [1.29, 1.82) is 0 Å². The molecule has 0 N–H and O–H groups in total. The number of benzene rings is 7. The number of rotatable bonds is 3. The van der Waals surface area contributed by atoms with Crippen LogP contribution in [-0.4, -0.2) is 0 Å². The Morgan fingerprint density at radius 1 is 0.255 bits per heavy atom. The van der Waals surface area contributed by atoms with Gasteiger partial charge >= 0.3 is 0 Å². The van der Waals surface area contributed by atoms with Crippen LogP contribution >= 0.6 is 0 Å². The van der Waals surface area contributed by atoms with Gasteiger partial charge in [-0.25, -0.2) is 15.0 Å². The van der Waals surface area contributed by atoms with Crippen molar-refractivity contribution in [2.45, 2.75) is 20.8 Å². The van der Waals surface area contributed by atoms with E-state index in [-0.39, 0.29) is 0 Å². The van der Waals surface area contributed by atoms with Gasteiger partial charge in [0.05, 0.1) is 33.1 Å². The Kier molecular flexibility index (Phi) is 6.53. The summed E-state index contributed by atoms with van der Waals surface area (Å²) in [5, 5.41) is 16.9. The molecule has 0 fully saturated rings. The van der Waals surface area contributed by atoms with Gasteiger partial charge in [-0.1, -0.05) is 126 Å². The molecule has 10 aromatic rings. The number of aryl methyl sites for hydroxylation is 3.